The Morgan fingerprint density at radius 3 is 2.13 bits per heavy atom. The zero-order chi connectivity index (χ0) is 21.7. The number of fused-ring (bicyclic) bond motifs is 3. The van der Waals surface area contributed by atoms with Gasteiger partial charge < -0.3 is 9.67 Å². The number of rotatable bonds is 9. The van der Waals surface area contributed by atoms with Gasteiger partial charge in [0.1, 0.15) is 0 Å². The van der Waals surface area contributed by atoms with Crippen molar-refractivity contribution in [2.45, 2.75) is 32.9 Å². The van der Waals surface area contributed by atoms with Gasteiger partial charge in [-0.15, -0.1) is 0 Å². The molecule has 3 rings (SSSR count). The largest absolute Gasteiger partial charge is 0.390 e. The number of aromatic nitrogens is 1. The van der Waals surface area contributed by atoms with E-state index in [9.17, 15) is 13.5 Å². The molecule has 0 bridgehead atoms. The van der Waals surface area contributed by atoms with E-state index in [4.69, 9.17) is 0 Å². The summed E-state index contributed by atoms with van der Waals surface area (Å²) in [6.45, 7) is 4.61. The fourth-order valence-corrected chi connectivity index (χ4v) is 4.75. The van der Waals surface area contributed by atoms with Gasteiger partial charge in [-0.05, 0) is 32.4 Å². The lowest BCUT2D eigenvalue weighted by atomic mass is 10.1. The van der Waals surface area contributed by atoms with Crippen LogP contribution in [0.25, 0.3) is 21.8 Å². The van der Waals surface area contributed by atoms with Crippen molar-refractivity contribution in [3.05, 3.63) is 72.3 Å². The molecule has 160 valence electrons. The molecule has 2 aromatic carbocycles. The zero-order valence-electron chi connectivity index (χ0n) is 17.8. The Kier molecular flexibility index (Phi) is 7.13. The normalized spacial score (nSPS) is 14.4. The van der Waals surface area contributed by atoms with E-state index in [-0.39, 0.29) is 6.54 Å². The van der Waals surface area contributed by atoms with Crippen LogP contribution < -0.4 is 0 Å². The van der Waals surface area contributed by atoms with Gasteiger partial charge in [0.05, 0.1) is 18.9 Å². The first-order chi connectivity index (χ1) is 14.3. The third kappa shape index (κ3) is 5.01. The van der Waals surface area contributed by atoms with Gasteiger partial charge in [-0.25, -0.2) is 8.42 Å². The van der Waals surface area contributed by atoms with E-state index in [0.717, 1.165) is 27.4 Å². The molecule has 5 nitrogen and oxygen atoms in total. The molecule has 0 spiro atoms. The lowest BCUT2D eigenvalue weighted by Crippen LogP contribution is -2.39. The summed E-state index contributed by atoms with van der Waals surface area (Å²) < 4.78 is 28.1. The maximum absolute atomic E-state index is 12.3. The van der Waals surface area contributed by atoms with Crippen LogP contribution in [-0.2, 0) is 16.6 Å². The monoisotopic (exact) mass is 426 g/mol. The van der Waals surface area contributed by atoms with Crippen molar-refractivity contribution >= 4 is 31.8 Å². The maximum atomic E-state index is 12.3. The van der Waals surface area contributed by atoms with E-state index in [2.05, 4.69) is 16.7 Å². The number of para-hydroxylation sites is 2. The van der Waals surface area contributed by atoms with Crippen molar-refractivity contribution in [1.29, 1.82) is 0 Å². The summed E-state index contributed by atoms with van der Waals surface area (Å²) in [6.07, 6.45) is 6.89. The number of allylic oxidation sites excluding steroid dienone is 3. The second-order valence-corrected chi connectivity index (χ2v) is 9.52. The first-order valence-electron chi connectivity index (χ1n) is 10.2. The quantitative estimate of drug-likeness (QED) is 0.518. The molecule has 0 saturated carbocycles. The highest BCUT2D eigenvalue weighted by molar-refractivity contribution is 7.88. The Hall–Kier alpha value is -2.41. The Balaban J connectivity index is 1.83. The van der Waals surface area contributed by atoms with Crippen molar-refractivity contribution in [3.8, 4) is 0 Å². The van der Waals surface area contributed by atoms with Gasteiger partial charge in [-0.3, -0.25) is 0 Å². The fourth-order valence-electron chi connectivity index (χ4n) is 3.89. The summed E-state index contributed by atoms with van der Waals surface area (Å²) in [7, 11) is -3.43. The third-order valence-corrected chi connectivity index (χ3v) is 6.63. The first-order valence-corrected chi connectivity index (χ1v) is 12.1. The lowest BCUT2D eigenvalue weighted by Gasteiger charge is -2.24. The van der Waals surface area contributed by atoms with Gasteiger partial charge >= 0.3 is 0 Å². The zero-order valence-corrected chi connectivity index (χ0v) is 18.6. The average molecular weight is 427 g/mol. The molecule has 0 fully saturated rings. The number of aliphatic hydroxyl groups is 1. The molecule has 1 unspecified atom stereocenters. The molecule has 1 N–H and O–H groups in total. The SMILES string of the molecule is C/C=C\C(=C/C)CCN(CC(O)Cn1c2ccccc2c2ccccc21)S(C)(=O)=O. The van der Waals surface area contributed by atoms with E-state index >= 15 is 0 Å². The van der Waals surface area contributed by atoms with Crippen LogP contribution >= 0.6 is 0 Å². The highest BCUT2D eigenvalue weighted by Crippen LogP contribution is 2.29. The second kappa shape index (κ2) is 9.60. The second-order valence-electron chi connectivity index (χ2n) is 7.53. The fraction of sp³-hybridized carbons (Fsp3) is 0.333. The molecule has 30 heavy (non-hydrogen) atoms. The summed E-state index contributed by atoms with van der Waals surface area (Å²) in [5.41, 5.74) is 3.14. The van der Waals surface area contributed by atoms with E-state index in [0.29, 0.717) is 19.5 Å². The molecule has 1 aromatic heterocycles. The van der Waals surface area contributed by atoms with E-state index < -0.39 is 16.1 Å². The van der Waals surface area contributed by atoms with Crippen LogP contribution in [0.15, 0.2) is 72.3 Å². The van der Waals surface area contributed by atoms with Crippen molar-refractivity contribution < 1.29 is 13.5 Å². The van der Waals surface area contributed by atoms with Gasteiger partial charge in [-0.1, -0.05) is 60.2 Å². The standard InChI is InChI=1S/C24H30N2O3S/c1-4-10-19(5-2)15-16-25(30(3,28)29)17-20(27)18-26-23-13-8-6-11-21(23)22-12-7-9-14-24(22)26/h4-14,20,27H,15-18H2,1-3H3/b10-4-,19-5+. The number of aliphatic hydroxyl groups excluding tert-OH is 1. The highest BCUT2D eigenvalue weighted by Gasteiger charge is 2.22. The Labute approximate surface area is 179 Å². The topological polar surface area (TPSA) is 62.5 Å². The molecule has 3 aromatic rings. The van der Waals surface area contributed by atoms with Gasteiger partial charge in [-0.2, -0.15) is 4.31 Å². The van der Waals surface area contributed by atoms with Gasteiger partial charge in [0, 0.05) is 34.9 Å². The van der Waals surface area contributed by atoms with Crippen LogP contribution in [0.4, 0.5) is 0 Å². The smallest absolute Gasteiger partial charge is 0.211 e. The summed E-state index contributed by atoms with van der Waals surface area (Å²) >= 11 is 0. The van der Waals surface area contributed by atoms with Gasteiger partial charge in [0.25, 0.3) is 0 Å². The predicted octanol–water partition coefficient (Wildman–Crippen LogP) is 4.33. The Bertz CT molecular complexity index is 1120. The molecule has 0 radical (unpaired) electrons. The molecular weight excluding hydrogens is 396 g/mol. The van der Waals surface area contributed by atoms with Crippen molar-refractivity contribution in [2.75, 3.05) is 19.3 Å². The lowest BCUT2D eigenvalue weighted by molar-refractivity contribution is 0.131. The number of sulfonamides is 1. The minimum absolute atomic E-state index is 0.0620. The minimum Gasteiger partial charge on any atom is -0.390 e. The molecule has 0 aliphatic carbocycles. The number of hydrogen-bond donors (Lipinski definition) is 1. The van der Waals surface area contributed by atoms with Crippen molar-refractivity contribution in [2.24, 2.45) is 0 Å². The molecule has 0 aliphatic heterocycles. The van der Waals surface area contributed by atoms with Crippen LogP contribution in [0, 0.1) is 0 Å². The average Bonchev–Trinajstić information content (AvgIpc) is 3.03. The first kappa shape index (κ1) is 22.3. The van der Waals surface area contributed by atoms with E-state index in [1.165, 1.54) is 10.6 Å². The van der Waals surface area contributed by atoms with Gasteiger partial charge in [0.15, 0.2) is 0 Å². The maximum Gasteiger partial charge on any atom is 0.211 e. The number of benzene rings is 2. The van der Waals surface area contributed by atoms with Crippen LogP contribution in [0.2, 0.25) is 0 Å². The minimum atomic E-state index is -3.43. The molecule has 0 amide bonds. The molecular formula is C24H30N2O3S. The molecule has 0 aliphatic rings. The number of hydrogen-bond acceptors (Lipinski definition) is 3. The van der Waals surface area contributed by atoms with E-state index in [1.807, 2.05) is 68.5 Å². The van der Waals surface area contributed by atoms with Crippen LogP contribution in [-0.4, -0.2) is 47.8 Å². The molecule has 1 heterocycles. The third-order valence-electron chi connectivity index (χ3n) is 5.36. The Morgan fingerprint density at radius 1 is 1.07 bits per heavy atom. The highest BCUT2D eigenvalue weighted by atomic mass is 32.2. The number of nitrogens with zero attached hydrogens (tertiary/aromatic N) is 2. The summed E-state index contributed by atoms with van der Waals surface area (Å²) in [4.78, 5) is 0. The van der Waals surface area contributed by atoms with Crippen LogP contribution in [0.1, 0.15) is 20.3 Å². The summed E-state index contributed by atoms with van der Waals surface area (Å²) in [5.74, 6) is 0. The Morgan fingerprint density at radius 2 is 1.63 bits per heavy atom. The van der Waals surface area contributed by atoms with Crippen molar-refractivity contribution in [1.82, 2.24) is 8.87 Å². The van der Waals surface area contributed by atoms with Gasteiger partial charge in [0.2, 0.25) is 10.0 Å². The van der Waals surface area contributed by atoms with E-state index in [1.54, 1.807) is 0 Å². The van der Waals surface area contributed by atoms with Crippen molar-refractivity contribution in [3.63, 3.8) is 0 Å². The van der Waals surface area contributed by atoms with Crippen LogP contribution in [0.5, 0.6) is 0 Å². The van der Waals surface area contributed by atoms with Crippen LogP contribution in [0.3, 0.4) is 0 Å². The summed E-state index contributed by atoms with van der Waals surface area (Å²) in [5, 5.41) is 13.1. The molecule has 1 atom stereocenters. The molecule has 0 saturated heterocycles. The predicted molar refractivity (Wildman–Crippen MR) is 125 cm³/mol. The summed E-state index contributed by atoms with van der Waals surface area (Å²) in [6, 6.07) is 16.2. The molecule has 6 heteroatoms.